The summed E-state index contributed by atoms with van der Waals surface area (Å²) in [5, 5.41) is 9.29. The number of rotatable bonds is 3. The quantitative estimate of drug-likeness (QED) is 0.857. The fourth-order valence-corrected chi connectivity index (χ4v) is 1.72. The second-order valence-corrected chi connectivity index (χ2v) is 3.91. The highest BCUT2D eigenvalue weighted by atomic mass is 19.1. The van der Waals surface area contributed by atoms with Crippen LogP contribution in [0, 0.1) is 5.82 Å². The van der Waals surface area contributed by atoms with Crippen LogP contribution < -0.4 is 4.74 Å². The molecule has 1 fully saturated rings. The molecule has 0 aliphatic carbocycles. The summed E-state index contributed by atoms with van der Waals surface area (Å²) < 4.78 is 23.4. The SMILES string of the molecule is OC1CCCC(COc2ccc(F)cc2)O1. The van der Waals surface area contributed by atoms with Crippen molar-refractivity contribution < 1.29 is 19.0 Å². The molecule has 0 bridgehead atoms. The van der Waals surface area contributed by atoms with Crippen LogP contribution in [0.25, 0.3) is 0 Å². The Morgan fingerprint density at radius 2 is 2.06 bits per heavy atom. The number of halogens is 1. The van der Waals surface area contributed by atoms with Crippen LogP contribution in [0.1, 0.15) is 19.3 Å². The molecule has 1 aromatic rings. The second kappa shape index (κ2) is 5.27. The Bertz CT molecular complexity index is 326. The first kappa shape index (κ1) is 11.4. The summed E-state index contributed by atoms with van der Waals surface area (Å²) in [7, 11) is 0. The van der Waals surface area contributed by atoms with Crippen LogP contribution in [0.3, 0.4) is 0 Å². The van der Waals surface area contributed by atoms with Crippen LogP contribution in [0.4, 0.5) is 4.39 Å². The van der Waals surface area contributed by atoms with Crippen molar-refractivity contribution in [2.75, 3.05) is 6.61 Å². The molecular weight excluding hydrogens is 211 g/mol. The van der Waals surface area contributed by atoms with Crippen LogP contribution >= 0.6 is 0 Å². The van der Waals surface area contributed by atoms with Crippen molar-refractivity contribution in [2.45, 2.75) is 31.7 Å². The third-order valence-corrected chi connectivity index (χ3v) is 2.58. The van der Waals surface area contributed by atoms with Gasteiger partial charge in [-0.3, -0.25) is 0 Å². The van der Waals surface area contributed by atoms with Gasteiger partial charge in [-0.1, -0.05) is 0 Å². The molecule has 16 heavy (non-hydrogen) atoms. The fraction of sp³-hybridized carbons (Fsp3) is 0.500. The van der Waals surface area contributed by atoms with Crippen molar-refractivity contribution in [1.82, 2.24) is 0 Å². The van der Waals surface area contributed by atoms with Gasteiger partial charge in [0.05, 0.1) is 6.10 Å². The molecule has 0 saturated carbocycles. The van der Waals surface area contributed by atoms with Crippen LogP contribution in [0.2, 0.25) is 0 Å². The molecule has 3 nitrogen and oxygen atoms in total. The Balaban J connectivity index is 1.80. The van der Waals surface area contributed by atoms with Gasteiger partial charge in [0.15, 0.2) is 6.29 Å². The first-order valence-electron chi connectivity index (χ1n) is 5.46. The van der Waals surface area contributed by atoms with E-state index >= 15 is 0 Å². The van der Waals surface area contributed by atoms with Crippen LogP contribution in [0.15, 0.2) is 24.3 Å². The van der Waals surface area contributed by atoms with Crippen LogP contribution in [-0.2, 0) is 4.74 Å². The molecule has 88 valence electrons. The lowest BCUT2D eigenvalue weighted by atomic mass is 10.1. The predicted molar refractivity (Wildman–Crippen MR) is 56.6 cm³/mol. The van der Waals surface area contributed by atoms with E-state index < -0.39 is 6.29 Å². The predicted octanol–water partition coefficient (Wildman–Crippen LogP) is 2.09. The highest BCUT2D eigenvalue weighted by Gasteiger charge is 2.20. The van der Waals surface area contributed by atoms with Gasteiger partial charge in [0.2, 0.25) is 0 Å². The minimum Gasteiger partial charge on any atom is -0.491 e. The third-order valence-electron chi connectivity index (χ3n) is 2.58. The monoisotopic (exact) mass is 226 g/mol. The van der Waals surface area contributed by atoms with Gasteiger partial charge in [0.1, 0.15) is 18.2 Å². The van der Waals surface area contributed by atoms with E-state index in [1.165, 1.54) is 12.1 Å². The zero-order valence-electron chi connectivity index (χ0n) is 8.93. The lowest BCUT2D eigenvalue weighted by molar-refractivity contribution is -0.169. The largest absolute Gasteiger partial charge is 0.491 e. The van der Waals surface area contributed by atoms with E-state index in [0.29, 0.717) is 18.8 Å². The first-order chi connectivity index (χ1) is 7.74. The van der Waals surface area contributed by atoms with Crippen molar-refractivity contribution in [2.24, 2.45) is 0 Å². The molecule has 4 heteroatoms. The van der Waals surface area contributed by atoms with E-state index in [1.807, 2.05) is 0 Å². The van der Waals surface area contributed by atoms with E-state index in [4.69, 9.17) is 9.47 Å². The Labute approximate surface area is 93.8 Å². The van der Waals surface area contributed by atoms with Crippen LogP contribution in [0.5, 0.6) is 5.75 Å². The van der Waals surface area contributed by atoms with E-state index in [9.17, 15) is 9.50 Å². The van der Waals surface area contributed by atoms with Crippen LogP contribution in [-0.4, -0.2) is 24.1 Å². The number of ether oxygens (including phenoxy) is 2. The van der Waals surface area contributed by atoms with Crippen molar-refractivity contribution in [3.05, 3.63) is 30.1 Å². The van der Waals surface area contributed by atoms with E-state index in [1.54, 1.807) is 12.1 Å². The van der Waals surface area contributed by atoms with Gasteiger partial charge in [-0.15, -0.1) is 0 Å². The number of hydrogen-bond donors (Lipinski definition) is 1. The van der Waals surface area contributed by atoms with E-state index in [2.05, 4.69) is 0 Å². The maximum atomic E-state index is 12.6. The fourth-order valence-electron chi connectivity index (χ4n) is 1.72. The summed E-state index contributed by atoms with van der Waals surface area (Å²) in [6, 6.07) is 5.86. The lowest BCUT2D eigenvalue weighted by Crippen LogP contribution is -2.31. The molecule has 1 heterocycles. The van der Waals surface area contributed by atoms with Crippen molar-refractivity contribution in [3.63, 3.8) is 0 Å². The molecule has 1 saturated heterocycles. The first-order valence-corrected chi connectivity index (χ1v) is 5.46. The summed E-state index contributed by atoms with van der Waals surface area (Å²) in [4.78, 5) is 0. The summed E-state index contributed by atoms with van der Waals surface area (Å²) in [6.45, 7) is 0.392. The maximum Gasteiger partial charge on any atom is 0.155 e. The van der Waals surface area contributed by atoms with Gasteiger partial charge in [0, 0.05) is 0 Å². The average Bonchev–Trinajstić information content (AvgIpc) is 2.28. The van der Waals surface area contributed by atoms with Gasteiger partial charge >= 0.3 is 0 Å². The molecule has 0 spiro atoms. The smallest absolute Gasteiger partial charge is 0.155 e. The third kappa shape index (κ3) is 3.18. The Hall–Kier alpha value is -1.13. The molecule has 0 amide bonds. The Morgan fingerprint density at radius 3 is 2.75 bits per heavy atom. The van der Waals surface area contributed by atoms with Crippen molar-refractivity contribution in [3.8, 4) is 5.75 Å². The molecule has 1 N–H and O–H groups in total. The summed E-state index contributed by atoms with van der Waals surface area (Å²) in [6.07, 6.45) is 1.77. The molecule has 2 atom stereocenters. The molecule has 1 aromatic carbocycles. The Kier molecular flexibility index (Phi) is 3.74. The zero-order chi connectivity index (χ0) is 11.4. The van der Waals surface area contributed by atoms with Crippen molar-refractivity contribution >= 4 is 0 Å². The maximum absolute atomic E-state index is 12.6. The topological polar surface area (TPSA) is 38.7 Å². The number of aliphatic hydroxyl groups excluding tert-OH is 1. The van der Waals surface area contributed by atoms with Gasteiger partial charge in [0.25, 0.3) is 0 Å². The molecule has 0 radical (unpaired) electrons. The minimum atomic E-state index is -0.671. The van der Waals surface area contributed by atoms with Crippen molar-refractivity contribution in [1.29, 1.82) is 0 Å². The molecular formula is C12H15FO3. The summed E-state index contributed by atoms with van der Waals surface area (Å²) in [5.74, 6) is 0.335. The normalized spacial score (nSPS) is 25.4. The summed E-state index contributed by atoms with van der Waals surface area (Å²) >= 11 is 0. The minimum absolute atomic E-state index is 0.0752. The number of aliphatic hydroxyl groups is 1. The van der Waals surface area contributed by atoms with Gasteiger partial charge in [-0.25, -0.2) is 4.39 Å². The zero-order valence-corrected chi connectivity index (χ0v) is 8.93. The Morgan fingerprint density at radius 1 is 1.31 bits per heavy atom. The molecule has 1 aliphatic heterocycles. The van der Waals surface area contributed by atoms with Gasteiger partial charge in [-0.05, 0) is 43.5 Å². The van der Waals surface area contributed by atoms with E-state index in [0.717, 1.165) is 12.8 Å². The second-order valence-electron chi connectivity index (χ2n) is 3.91. The van der Waals surface area contributed by atoms with E-state index in [-0.39, 0.29) is 11.9 Å². The lowest BCUT2D eigenvalue weighted by Gasteiger charge is -2.26. The standard InChI is InChI=1S/C12H15FO3/c13-9-4-6-10(7-5-9)15-8-11-2-1-3-12(14)16-11/h4-7,11-12,14H,1-3,8H2. The molecule has 0 aromatic heterocycles. The highest BCUT2D eigenvalue weighted by molar-refractivity contribution is 5.22. The van der Waals surface area contributed by atoms with Gasteiger partial charge in [-0.2, -0.15) is 0 Å². The average molecular weight is 226 g/mol. The van der Waals surface area contributed by atoms with Gasteiger partial charge < -0.3 is 14.6 Å². The molecule has 2 rings (SSSR count). The number of hydrogen-bond acceptors (Lipinski definition) is 3. The number of benzene rings is 1. The molecule has 1 aliphatic rings. The molecule has 2 unspecified atom stereocenters. The highest BCUT2D eigenvalue weighted by Crippen LogP contribution is 2.19. The summed E-state index contributed by atoms with van der Waals surface area (Å²) in [5.41, 5.74) is 0.